The van der Waals surface area contributed by atoms with E-state index < -0.39 is 18.1 Å². The number of aliphatic carboxylic acids is 1. The summed E-state index contributed by atoms with van der Waals surface area (Å²) in [4.78, 5) is 22.6. The Morgan fingerprint density at radius 2 is 1.95 bits per heavy atom. The van der Waals surface area contributed by atoms with E-state index in [4.69, 9.17) is 14.6 Å². The monoisotopic (exact) mass is 295 g/mol. The molecule has 116 valence electrons. The average Bonchev–Trinajstić information content (AvgIpc) is 2.45. The number of carbonyl (C=O) groups excluding carboxylic acids is 1. The Labute approximate surface area is 124 Å². The highest BCUT2D eigenvalue weighted by molar-refractivity contribution is 5.71. The molecule has 0 aliphatic heterocycles. The first kappa shape index (κ1) is 17.0. The number of amides is 1. The number of carbonyl (C=O) groups is 2. The molecule has 1 unspecified atom stereocenters. The van der Waals surface area contributed by atoms with Crippen molar-refractivity contribution in [2.24, 2.45) is 5.92 Å². The second kappa shape index (κ2) is 8.97. The van der Waals surface area contributed by atoms with Crippen LogP contribution in [0.1, 0.15) is 18.9 Å². The molecule has 0 saturated carbocycles. The smallest absolute Gasteiger partial charge is 0.407 e. The summed E-state index contributed by atoms with van der Waals surface area (Å²) in [5.41, 5.74) is 0.868. The molecule has 1 aromatic carbocycles. The van der Waals surface area contributed by atoms with Gasteiger partial charge in [0.2, 0.25) is 0 Å². The minimum absolute atomic E-state index is 0.129. The van der Waals surface area contributed by atoms with Crippen LogP contribution in [-0.4, -0.2) is 36.9 Å². The van der Waals surface area contributed by atoms with Crippen molar-refractivity contribution in [1.82, 2.24) is 5.32 Å². The van der Waals surface area contributed by atoms with E-state index in [-0.39, 0.29) is 18.9 Å². The first-order valence-electron chi connectivity index (χ1n) is 6.71. The summed E-state index contributed by atoms with van der Waals surface area (Å²) in [6.45, 7) is 2.32. The van der Waals surface area contributed by atoms with Crippen LogP contribution in [0.15, 0.2) is 30.3 Å². The largest absolute Gasteiger partial charge is 0.481 e. The standard InChI is InChI=1S/C15H21NO5/c1-11(9-20-2)13(8-14(17)18)16-15(19)21-10-12-6-4-3-5-7-12/h3-7,11,13H,8-10H2,1-2H3,(H,16,19)(H,17,18)/t11?,13-/m0/s1. The van der Waals surface area contributed by atoms with E-state index in [0.29, 0.717) is 6.61 Å². The molecule has 0 spiro atoms. The summed E-state index contributed by atoms with van der Waals surface area (Å²) in [5, 5.41) is 11.5. The SMILES string of the molecule is COCC(C)[C@H](CC(=O)O)NC(=O)OCc1ccccc1. The number of methoxy groups -OCH3 is 1. The normalized spacial score (nSPS) is 13.2. The third kappa shape index (κ3) is 6.76. The second-order valence-electron chi connectivity index (χ2n) is 4.84. The summed E-state index contributed by atoms with van der Waals surface area (Å²) >= 11 is 0. The molecular weight excluding hydrogens is 274 g/mol. The molecule has 0 aromatic heterocycles. The van der Waals surface area contributed by atoms with E-state index in [9.17, 15) is 9.59 Å². The molecule has 2 atom stereocenters. The third-order valence-electron chi connectivity index (χ3n) is 3.03. The van der Waals surface area contributed by atoms with Crippen LogP contribution in [0.4, 0.5) is 4.79 Å². The van der Waals surface area contributed by atoms with Crippen molar-refractivity contribution in [2.75, 3.05) is 13.7 Å². The zero-order valence-electron chi connectivity index (χ0n) is 12.2. The molecule has 2 N–H and O–H groups in total. The molecule has 1 amide bonds. The maximum atomic E-state index is 11.7. The zero-order valence-corrected chi connectivity index (χ0v) is 12.2. The summed E-state index contributed by atoms with van der Waals surface area (Å²) < 4.78 is 10.1. The molecule has 1 rings (SSSR count). The van der Waals surface area contributed by atoms with Crippen LogP contribution in [0.3, 0.4) is 0 Å². The zero-order chi connectivity index (χ0) is 15.7. The molecule has 6 heteroatoms. The minimum atomic E-state index is -0.980. The van der Waals surface area contributed by atoms with Crippen LogP contribution < -0.4 is 5.32 Å². The summed E-state index contributed by atoms with van der Waals surface area (Å²) in [6, 6.07) is 8.73. The van der Waals surface area contributed by atoms with Gasteiger partial charge in [0.05, 0.1) is 13.0 Å². The number of hydrogen-bond donors (Lipinski definition) is 2. The summed E-state index contributed by atoms with van der Waals surface area (Å²) in [7, 11) is 1.53. The molecule has 0 saturated heterocycles. The first-order chi connectivity index (χ1) is 10.0. The fourth-order valence-corrected chi connectivity index (χ4v) is 1.88. The van der Waals surface area contributed by atoms with Gasteiger partial charge in [-0.25, -0.2) is 4.79 Å². The van der Waals surface area contributed by atoms with Gasteiger partial charge in [0.15, 0.2) is 0 Å². The Morgan fingerprint density at radius 3 is 2.52 bits per heavy atom. The lowest BCUT2D eigenvalue weighted by atomic mass is 10.00. The molecule has 0 bridgehead atoms. The second-order valence-corrected chi connectivity index (χ2v) is 4.84. The number of carboxylic acids is 1. The lowest BCUT2D eigenvalue weighted by Crippen LogP contribution is -2.42. The van der Waals surface area contributed by atoms with E-state index in [1.54, 1.807) is 0 Å². The quantitative estimate of drug-likeness (QED) is 0.766. The van der Waals surface area contributed by atoms with Gasteiger partial charge in [-0.2, -0.15) is 0 Å². The van der Waals surface area contributed by atoms with E-state index in [0.717, 1.165) is 5.56 Å². The Hall–Kier alpha value is -2.08. The van der Waals surface area contributed by atoms with Crippen molar-refractivity contribution in [3.05, 3.63) is 35.9 Å². The van der Waals surface area contributed by atoms with Crippen LogP contribution in [-0.2, 0) is 20.9 Å². The Bertz CT molecular complexity index is 449. The number of rotatable bonds is 8. The van der Waals surface area contributed by atoms with E-state index in [1.165, 1.54) is 7.11 Å². The average molecular weight is 295 g/mol. The van der Waals surface area contributed by atoms with Gasteiger partial charge >= 0.3 is 12.1 Å². The van der Waals surface area contributed by atoms with Gasteiger partial charge in [-0.3, -0.25) is 4.79 Å². The molecule has 0 aliphatic rings. The van der Waals surface area contributed by atoms with Crippen LogP contribution in [0.25, 0.3) is 0 Å². The van der Waals surface area contributed by atoms with E-state index in [2.05, 4.69) is 5.32 Å². The van der Waals surface area contributed by atoms with Gasteiger partial charge in [-0.1, -0.05) is 37.3 Å². The highest BCUT2D eigenvalue weighted by Gasteiger charge is 2.23. The molecular formula is C15H21NO5. The first-order valence-corrected chi connectivity index (χ1v) is 6.71. The highest BCUT2D eigenvalue weighted by atomic mass is 16.5. The van der Waals surface area contributed by atoms with Gasteiger partial charge in [-0.15, -0.1) is 0 Å². The van der Waals surface area contributed by atoms with Crippen LogP contribution in [0.5, 0.6) is 0 Å². The predicted molar refractivity (Wildman–Crippen MR) is 76.8 cm³/mol. The molecule has 1 aromatic rings. The van der Waals surface area contributed by atoms with E-state index >= 15 is 0 Å². The van der Waals surface area contributed by atoms with E-state index in [1.807, 2.05) is 37.3 Å². The maximum absolute atomic E-state index is 11.7. The number of benzene rings is 1. The molecule has 21 heavy (non-hydrogen) atoms. The molecule has 0 heterocycles. The number of ether oxygens (including phenoxy) is 2. The van der Waals surface area contributed by atoms with Crippen molar-refractivity contribution >= 4 is 12.1 Å². The van der Waals surface area contributed by atoms with Gasteiger partial charge < -0.3 is 19.9 Å². The summed E-state index contributed by atoms with van der Waals surface area (Å²) in [5.74, 6) is -1.11. The Balaban J connectivity index is 2.49. The molecule has 6 nitrogen and oxygen atoms in total. The highest BCUT2D eigenvalue weighted by Crippen LogP contribution is 2.09. The Kier molecular flexibility index (Phi) is 7.25. The van der Waals surface area contributed by atoms with Gasteiger partial charge in [0.25, 0.3) is 0 Å². The molecule has 0 fully saturated rings. The van der Waals surface area contributed by atoms with Crippen molar-refractivity contribution < 1.29 is 24.2 Å². The fraction of sp³-hybridized carbons (Fsp3) is 0.467. The predicted octanol–water partition coefficient (Wildman–Crippen LogP) is 2.04. The maximum Gasteiger partial charge on any atom is 0.407 e. The van der Waals surface area contributed by atoms with Crippen molar-refractivity contribution in [1.29, 1.82) is 0 Å². The van der Waals surface area contributed by atoms with Crippen molar-refractivity contribution in [3.8, 4) is 0 Å². The topological polar surface area (TPSA) is 84.9 Å². The lowest BCUT2D eigenvalue weighted by Gasteiger charge is -2.22. The summed E-state index contributed by atoms with van der Waals surface area (Å²) in [6.07, 6.45) is -0.807. The van der Waals surface area contributed by atoms with Crippen molar-refractivity contribution in [2.45, 2.75) is 26.0 Å². The Morgan fingerprint density at radius 1 is 1.29 bits per heavy atom. The number of nitrogens with one attached hydrogen (secondary N) is 1. The van der Waals surface area contributed by atoms with Crippen molar-refractivity contribution in [3.63, 3.8) is 0 Å². The minimum Gasteiger partial charge on any atom is -0.481 e. The molecule has 0 aliphatic carbocycles. The van der Waals surface area contributed by atoms with Gasteiger partial charge in [0.1, 0.15) is 6.61 Å². The third-order valence-corrected chi connectivity index (χ3v) is 3.03. The van der Waals surface area contributed by atoms with Crippen LogP contribution >= 0.6 is 0 Å². The van der Waals surface area contributed by atoms with Gasteiger partial charge in [0, 0.05) is 19.1 Å². The fourth-order valence-electron chi connectivity index (χ4n) is 1.88. The lowest BCUT2D eigenvalue weighted by molar-refractivity contribution is -0.137. The molecule has 0 radical (unpaired) electrons. The number of carboxylic acid groups (broad SMARTS) is 1. The number of alkyl carbamates (subject to hydrolysis) is 1. The van der Waals surface area contributed by atoms with Crippen LogP contribution in [0.2, 0.25) is 0 Å². The van der Waals surface area contributed by atoms with Crippen LogP contribution in [0, 0.1) is 5.92 Å². The number of hydrogen-bond acceptors (Lipinski definition) is 4. The van der Waals surface area contributed by atoms with Gasteiger partial charge in [-0.05, 0) is 5.56 Å².